The maximum absolute atomic E-state index is 12.4. The number of aromatic amines is 1. The van der Waals surface area contributed by atoms with Crippen LogP contribution in [0.4, 0.5) is 11.4 Å². The molecule has 0 saturated heterocycles. The second-order valence-electron chi connectivity index (χ2n) is 6.45. The van der Waals surface area contributed by atoms with Crippen molar-refractivity contribution in [3.8, 4) is 0 Å². The minimum atomic E-state index is -4.78. The van der Waals surface area contributed by atoms with Crippen LogP contribution in [0, 0.1) is 6.92 Å². The van der Waals surface area contributed by atoms with Crippen LogP contribution in [0.5, 0.6) is 0 Å². The molecule has 14 heteroatoms. The van der Waals surface area contributed by atoms with E-state index in [4.69, 9.17) is 0 Å². The molecule has 0 saturated carbocycles. The highest BCUT2D eigenvalue weighted by Crippen LogP contribution is 2.31. The van der Waals surface area contributed by atoms with Crippen LogP contribution in [0.1, 0.15) is 5.69 Å². The van der Waals surface area contributed by atoms with Crippen molar-refractivity contribution in [2.75, 3.05) is 0 Å². The lowest BCUT2D eigenvalue weighted by molar-refractivity contribution is 0.478. The predicted octanol–water partition coefficient (Wildman–Crippen LogP) is 2.39. The molecule has 31 heavy (non-hydrogen) atoms. The highest BCUT2D eigenvalue weighted by molar-refractivity contribution is 7.86. The fourth-order valence-corrected chi connectivity index (χ4v) is 4.11. The lowest BCUT2D eigenvalue weighted by Gasteiger charge is -2.04. The molecule has 0 fully saturated rings. The van der Waals surface area contributed by atoms with Gasteiger partial charge in [-0.3, -0.25) is 13.9 Å². The summed E-state index contributed by atoms with van der Waals surface area (Å²) in [5.41, 5.74) is 0.129. The topological polar surface area (TPSA) is 184 Å². The van der Waals surface area contributed by atoms with Crippen LogP contribution < -0.4 is 5.56 Å². The Balaban J connectivity index is 1.95. The first-order chi connectivity index (χ1) is 14.5. The van der Waals surface area contributed by atoms with E-state index >= 15 is 0 Å². The quantitative estimate of drug-likeness (QED) is 0.304. The molecule has 12 nitrogen and oxygen atoms in total. The molecule has 4 aromatic rings. The van der Waals surface area contributed by atoms with Crippen LogP contribution in [-0.4, -0.2) is 40.5 Å². The van der Waals surface area contributed by atoms with Gasteiger partial charge in [0.25, 0.3) is 25.8 Å². The summed E-state index contributed by atoms with van der Waals surface area (Å²) in [5, 5.41) is 12.4. The Morgan fingerprint density at radius 2 is 1.71 bits per heavy atom. The Morgan fingerprint density at radius 3 is 2.39 bits per heavy atom. The summed E-state index contributed by atoms with van der Waals surface area (Å²) in [4.78, 5) is 13.6. The summed E-state index contributed by atoms with van der Waals surface area (Å²) in [6, 6.07) is 9.01. The Hall–Kier alpha value is -3.46. The number of nitrogens with one attached hydrogen (secondary N) is 1. The number of aromatic nitrogens is 3. The maximum atomic E-state index is 12.4. The van der Waals surface area contributed by atoms with Crippen LogP contribution in [0.2, 0.25) is 0 Å². The number of benzene rings is 2. The third-order valence-electron chi connectivity index (χ3n) is 4.40. The number of nitrogens with zero attached hydrogens (tertiary/aromatic N) is 4. The standard InChI is InChI=1S/C17H13N5O7S2/c1-9-15(16-18-17(23)11-4-2-3-5-13(11)22(16)21-9)20-19-12-8-10(30(24,25)26)6-7-14(12)31(27,28)29/h2-8H,1H3,(H,18,23)(H,24,25,26)(H,27,28,29)/b20-19+. The fraction of sp³-hybridized carbons (Fsp3) is 0.0588. The van der Waals surface area contributed by atoms with Crippen LogP contribution in [0.25, 0.3) is 16.6 Å². The summed E-state index contributed by atoms with van der Waals surface area (Å²) >= 11 is 0. The van der Waals surface area contributed by atoms with Crippen molar-refractivity contribution in [2.24, 2.45) is 10.2 Å². The lowest BCUT2D eigenvalue weighted by Crippen LogP contribution is -2.09. The molecular weight excluding hydrogens is 450 g/mol. The molecular formula is C17H13N5O7S2. The maximum Gasteiger partial charge on any atom is 0.296 e. The molecule has 2 aromatic carbocycles. The number of hydrogen-bond donors (Lipinski definition) is 3. The van der Waals surface area contributed by atoms with Gasteiger partial charge < -0.3 is 4.98 Å². The monoisotopic (exact) mass is 463 g/mol. The van der Waals surface area contributed by atoms with Gasteiger partial charge in [-0.05, 0) is 37.3 Å². The molecule has 3 N–H and O–H groups in total. The number of para-hydroxylation sites is 1. The van der Waals surface area contributed by atoms with E-state index in [0.29, 0.717) is 16.6 Å². The molecule has 0 aliphatic heterocycles. The van der Waals surface area contributed by atoms with E-state index in [1.54, 1.807) is 31.2 Å². The number of aryl methyl sites for hydroxylation is 1. The third kappa shape index (κ3) is 3.72. The number of hydrogen-bond acceptors (Lipinski definition) is 8. The van der Waals surface area contributed by atoms with Crippen molar-refractivity contribution >= 4 is 48.2 Å². The summed E-state index contributed by atoms with van der Waals surface area (Å²) < 4.78 is 66.1. The number of fused-ring (bicyclic) bond motifs is 3. The molecule has 0 atom stereocenters. The highest BCUT2D eigenvalue weighted by atomic mass is 32.2. The van der Waals surface area contributed by atoms with Crippen molar-refractivity contribution in [3.05, 3.63) is 58.5 Å². The minimum absolute atomic E-state index is 0.0846. The first kappa shape index (κ1) is 20.8. The van der Waals surface area contributed by atoms with Crippen LogP contribution >= 0.6 is 0 Å². The Kier molecular flexibility index (Phi) is 4.73. The van der Waals surface area contributed by atoms with E-state index in [-0.39, 0.29) is 11.3 Å². The zero-order chi connectivity index (χ0) is 22.6. The molecule has 0 aliphatic rings. The Morgan fingerprint density at radius 1 is 1.00 bits per heavy atom. The van der Waals surface area contributed by atoms with Crippen LogP contribution in [0.3, 0.4) is 0 Å². The Bertz CT molecular complexity index is 1670. The second kappa shape index (κ2) is 7.05. The van der Waals surface area contributed by atoms with Gasteiger partial charge in [-0.2, -0.15) is 21.9 Å². The van der Waals surface area contributed by atoms with Gasteiger partial charge >= 0.3 is 0 Å². The number of azo groups is 1. The van der Waals surface area contributed by atoms with Gasteiger partial charge in [-0.25, -0.2) is 4.52 Å². The number of rotatable bonds is 4. The van der Waals surface area contributed by atoms with Gasteiger partial charge in [0.05, 0.1) is 21.5 Å². The zero-order valence-electron chi connectivity index (χ0n) is 15.6. The van der Waals surface area contributed by atoms with Crippen LogP contribution in [0.15, 0.2) is 67.3 Å². The van der Waals surface area contributed by atoms with Gasteiger partial charge in [-0.1, -0.05) is 12.1 Å². The number of H-pyrrole nitrogens is 1. The molecule has 2 heterocycles. The Labute approximate surface area is 174 Å². The molecule has 0 bridgehead atoms. The van der Waals surface area contributed by atoms with E-state index in [2.05, 4.69) is 20.3 Å². The first-order valence-corrected chi connectivity index (χ1v) is 11.4. The third-order valence-corrected chi connectivity index (χ3v) is 6.15. The zero-order valence-corrected chi connectivity index (χ0v) is 17.2. The largest absolute Gasteiger partial charge is 0.304 e. The van der Waals surface area contributed by atoms with Crippen molar-refractivity contribution in [1.82, 2.24) is 14.6 Å². The average Bonchev–Trinajstić information content (AvgIpc) is 3.00. The molecule has 0 aliphatic carbocycles. The normalized spacial score (nSPS) is 12.9. The molecule has 0 radical (unpaired) electrons. The van der Waals surface area contributed by atoms with E-state index in [1.807, 2.05) is 0 Å². The molecule has 0 unspecified atom stereocenters. The van der Waals surface area contributed by atoms with Gasteiger partial charge in [0.1, 0.15) is 10.6 Å². The average molecular weight is 463 g/mol. The summed E-state index contributed by atoms with van der Waals surface area (Å²) in [5.74, 6) is 0. The summed E-state index contributed by atoms with van der Waals surface area (Å²) in [7, 11) is -9.46. The van der Waals surface area contributed by atoms with Gasteiger partial charge in [0.15, 0.2) is 11.3 Å². The fourth-order valence-electron chi connectivity index (χ4n) is 3.01. The van der Waals surface area contributed by atoms with Crippen LogP contribution in [-0.2, 0) is 20.2 Å². The van der Waals surface area contributed by atoms with Crippen molar-refractivity contribution in [2.45, 2.75) is 16.7 Å². The lowest BCUT2D eigenvalue weighted by atomic mass is 10.2. The van der Waals surface area contributed by atoms with Crippen molar-refractivity contribution < 1.29 is 25.9 Å². The van der Waals surface area contributed by atoms with E-state index < -0.39 is 41.3 Å². The minimum Gasteiger partial charge on any atom is -0.304 e. The van der Waals surface area contributed by atoms with E-state index in [0.717, 1.165) is 18.2 Å². The van der Waals surface area contributed by atoms with Crippen molar-refractivity contribution in [1.29, 1.82) is 0 Å². The molecule has 160 valence electrons. The predicted molar refractivity (Wildman–Crippen MR) is 108 cm³/mol. The highest BCUT2D eigenvalue weighted by Gasteiger charge is 2.20. The van der Waals surface area contributed by atoms with Gasteiger partial charge in [0.2, 0.25) is 0 Å². The summed E-state index contributed by atoms with van der Waals surface area (Å²) in [6.07, 6.45) is 0. The van der Waals surface area contributed by atoms with Gasteiger partial charge in [0, 0.05) is 0 Å². The smallest absolute Gasteiger partial charge is 0.296 e. The second-order valence-corrected chi connectivity index (χ2v) is 9.26. The first-order valence-electron chi connectivity index (χ1n) is 8.48. The molecule has 4 rings (SSSR count). The van der Waals surface area contributed by atoms with Crippen molar-refractivity contribution in [3.63, 3.8) is 0 Å². The molecule has 2 aromatic heterocycles. The van der Waals surface area contributed by atoms with E-state index in [1.165, 1.54) is 4.52 Å². The van der Waals surface area contributed by atoms with Gasteiger partial charge in [-0.15, -0.1) is 10.2 Å². The molecule has 0 spiro atoms. The molecule has 0 amide bonds. The summed E-state index contributed by atoms with van der Waals surface area (Å²) in [6.45, 7) is 1.58. The van der Waals surface area contributed by atoms with E-state index in [9.17, 15) is 30.7 Å². The SMILES string of the molecule is Cc1nn2c([nH]c(=O)c3ccccc32)c1/N=N/c1cc(S(=O)(=O)O)ccc1S(=O)(=O)O.